The molecular formula is C13H21ClN2O2. The van der Waals surface area contributed by atoms with Crippen LogP contribution in [0.25, 0.3) is 0 Å². The molecule has 1 rings (SSSR count). The van der Waals surface area contributed by atoms with Crippen molar-refractivity contribution in [2.24, 2.45) is 0 Å². The Morgan fingerprint density at radius 3 is 2.89 bits per heavy atom. The fourth-order valence-corrected chi connectivity index (χ4v) is 1.74. The van der Waals surface area contributed by atoms with Crippen molar-refractivity contribution in [2.75, 3.05) is 37.9 Å². The van der Waals surface area contributed by atoms with Gasteiger partial charge in [0.05, 0.1) is 18.6 Å². The zero-order valence-corrected chi connectivity index (χ0v) is 11.4. The maximum Gasteiger partial charge on any atom is 0.0847 e. The molecule has 1 atom stereocenters. The lowest BCUT2D eigenvalue weighted by molar-refractivity contribution is 0.211. The maximum absolute atomic E-state index is 9.37. The molecule has 0 aliphatic rings. The number of alkyl halides is 1. The second-order valence-corrected chi connectivity index (χ2v) is 4.66. The molecule has 0 radical (unpaired) electrons. The van der Waals surface area contributed by atoms with Gasteiger partial charge in [-0.1, -0.05) is 12.1 Å². The van der Waals surface area contributed by atoms with Gasteiger partial charge in [0, 0.05) is 25.3 Å². The third kappa shape index (κ3) is 5.69. The minimum absolute atomic E-state index is 0.163. The Morgan fingerprint density at radius 1 is 1.44 bits per heavy atom. The van der Waals surface area contributed by atoms with Crippen LogP contribution in [-0.4, -0.2) is 53.8 Å². The predicted molar refractivity (Wildman–Crippen MR) is 75.1 cm³/mol. The summed E-state index contributed by atoms with van der Waals surface area (Å²) in [6.07, 6.45) is -0.535. The van der Waals surface area contributed by atoms with Crippen LogP contribution in [0.2, 0.25) is 0 Å². The number of halogens is 1. The average Bonchev–Trinajstić information content (AvgIpc) is 2.36. The van der Waals surface area contributed by atoms with E-state index in [-0.39, 0.29) is 12.5 Å². The summed E-state index contributed by atoms with van der Waals surface area (Å²) in [5, 5.41) is 21.4. The molecule has 18 heavy (non-hydrogen) atoms. The predicted octanol–water partition coefficient (Wildman–Crippen LogP) is 1.12. The summed E-state index contributed by atoms with van der Waals surface area (Å²) in [6, 6.07) is 8.00. The van der Waals surface area contributed by atoms with Gasteiger partial charge in [0.25, 0.3) is 0 Å². The molecule has 0 aromatic heterocycles. The van der Waals surface area contributed by atoms with Crippen LogP contribution in [-0.2, 0) is 6.54 Å². The number of likely N-dealkylation sites (N-methyl/N-ethyl adjacent to an activating group) is 1. The minimum Gasteiger partial charge on any atom is -0.395 e. The van der Waals surface area contributed by atoms with E-state index in [2.05, 4.69) is 5.32 Å². The lowest BCUT2D eigenvalue weighted by atomic mass is 10.2. The smallest absolute Gasteiger partial charge is 0.0847 e. The number of hydrogen-bond acceptors (Lipinski definition) is 4. The topological polar surface area (TPSA) is 55.7 Å². The normalized spacial score (nSPS) is 12.7. The molecule has 0 fully saturated rings. The van der Waals surface area contributed by atoms with Gasteiger partial charge in [0.2, 0.25) is 0 Å². The van der Waals surface area contributed by atoms with Gasteiger partial charge < -0.3 is 15.5 Å². The summed E-state index contributed by atoms with van der Waals surface area (Å²) in [5.41, 5.74) is 2.13. The second-order valence-electron chi connectivity index (χ2n) is 4.35. The zero-order valence-electron chi connectivity index (χ0n) is 10.6. The van der Waals surface area contributed by atoms with E-state index in [1.165, 1.54) is 0 Å². The van der Waals surface area contributed by atoms with E-state index in [9.17, 15) is 5.11 Å². The summed E-state index contributed by atoms with van der Waals surface area (Å²) in [6.45, 7) is 2.05. The molecule has 0 amide bonds. The van der Waals surface area contributed by atoms with Gasteiger partial charge in [0.15, 0.2) is 0 Å². The van der Waals surface area contributed by atoms with E-state index in [4.69, 9.17) is 16.7 Å². The SMILES string of the molecule is CN(CCO)Cc1cccc(NCC(O)CCl)c1. The number of rotatable bonds is 8. The van der Waals surface area contributed by atoms with E-state index in [1.807, 2.05) is 36.2 Å². The van der Waals surface area contributed by atoms with Crippen molar-refractivity contribution in [3.8, 4) is 0 Å². The Hall–Kier alpha value is -0.810. The van der Waals surface area contributed by atoms with Crippen molar-refractivity contribution >= 4 is 17.3 Å². The molecule has 0 spiro atoms. The standard InChI is InChI=1S/C13H21ClN2O2/c1-16(5-6-17)10-11-3-2-4-12(7-11)15-9-13(18)8-14/h2-4,7,13,15,17-18H,5-6,8-10H2,1H3. The van der Waals surface area contributed by atoms with Crippen molar-refractivity contribution in [1.82, 2.24) is 4.90 Å². The van der Waals surface area contributed by atoms with Crippen molar-refractivity contribution in [1.29, 1.82) is 0 Å². The van der Waals surface area contributed by atoms with Gasteiger partial charge in [-0.05, 0) is 24.7 Å². The molecular weight excluding hydrogens is 252 g/mol. The molecule has 0 heterocycles. The van der Waals surface area contributed by atoms with Crippen LogP contribution in [0.5, 0.6) is 0 Å². The Bertz CT molecular complexity index is 350. The fourth-order valence-electron chi connectivity index (χ4n) is 1.63. The quantitative estimate of drug-likeness (QED) is 0.621. The number of hydrogen-bond donors (Lipinski definition) is 3. The van der Waals surface area contributed by atoms with Crippen molar-refractivity contribution in [3.05, 3.63) is 29.8 Å². The van der Waals surface area contributed by atoms with Crippen LogP contribution in [0.3, 0.4) is 0 Å². The number of aliphatic hydroxyl groups is 2. The summed E-state index contributed by atoms with van der Waals surface area (Å²) in [5.74, 6) is 0.228. The first kappa shape index (κ1) is 15.2. The number of anilines is 1. The average molecular weight is 273 g/mol. The lowest BCUT2D eigenvalue weighted by Crippen LogP contribution is -2.22. The molecule has 0 saturated heterocycles. The number of benzene rings is 1. The van der Waals surface area contributed by atoms with E-state index < -0.39 is 6.10 Å². The molecule has 102 valence electrons. The van der Waals surface area contributed by atoms with Crippen LogP contribution in [0.1, 0.15) is 5.56 Å². The molecule has 1 aromatic rings. The first-order valence-electron chi connectivity index (χ1n) is 6.02. The Kier molecular flexibility index (Phi) is 7.05. The lowest BCUT2D eigenvalue weighted by Gasteiger charge is -2.16. The third-order valence-electron chi connectivity index (χ3n) is 2.58. The van der Waals surface area contributed by atoms with E-state index in [0.29, 0.717) is 13.1 Å². The molecule has 0 aliphatic carbocycles. The van der Waals surface area contributed by atoms with Gasteiger partial charge in [-0.2, -0.15) is 0 Å². The van der Waals surface area contributed by atoms with E-state index in [1.54, 1.807) is 0 Å². The Morgan fingerprint density at radius 2 is 2.22 bits per heavy atom. The fraction of sp³-hybridized carbons (Fsp3) is 0.538. The van der Waals surface area contributed by atoms with Crippen molar-refractivity contribution < 1.29 is 10.2 Å². The van der Waals surface area contributed by atoms with Crippen LogP contribution in [0.15, 0.2) is 24.3 Å². The molecule has 0 saturated carbocycles. The number of nitrogens with one attached hydrogen (secondary N) is 1. The summed E-state index contributed by atoms with van der Waals surface area (Å²) in [7, 11) is 1.97. The van der Waals surface area contributed by atoms with Gasteiger partial charge in [-0.15, -0.1) is 11.6 Å². The van der Waals surface area contributed by atoms with Gasteiger partial charge in [0.1, 0.15) is 0 Å². The highest BCUT2D eigenvalue weighted by Gasteiger charge is 2.03. The van der Waals surface area contributed by atoms with Crippen molar-refractivity contribution in [2.45, 2.75) is 12.6 Å². The maximum atomic E-state index is 9.37. The molecule has 1 aromatic carbocycles. The molecule has 5 heteroatoms. The highest BCUT2D eigenvalue weighted by Crippen LogP contribution is 2.12. The van der Waals surface area contributed by atoms with E-state index >= 15 is 0 Å². The monoisotopic (exact) mass is 272 g/mol. The first-order chi connectivity index (χ1) is 8.65. The molecule has 0 aliphatic heterocycles. The highest BCUT2D eigenvalue weighted by atomic mass is 35.5. The van der Waals surface area contributed by atoms with Crippen molar-refractivity contribution in [3.63, 3.8) is 0 Å². The summed E-state index contributed by atoms with van der Waals surface area (Å²) in [4.78, 5) is 2.05. The minimum atomic E-state index is -0.535. The van der Waals surface area contributed by atoms with Gasteiger partial charge in [-0.3, -0.25) is 4.90 Å². The van der Waals surface area contributed by atoms with Gasteiger partial charge >= 0.3 is 0 Å². The highest BCUT2D eigenvalue weighted by molar-refractivity contribution is 6.18. The molecule has 4 nitrogen and oxygen atoms in total. The second kappa shape index (κ2) is 8.32. The number of aliphatic hydroxyl groups excluding tert-OH is 2. The summed E-state index contributed by atoms with van der Waals surface area (Å²) >= 11 is 5.53. The molecule has 3 N–H and O–H groups in total. The molecule has 0 bridgehead atoms. The largest absolute Gasteiger partial charge is 0.395 e. The van der Waals surface area contributed by atoms with Crippen LogP contribution in [0, 0.1) is 0 Å². The number of nitrogens with zero attached hydrogens (tertiary/aromatic N) is 1. The van der Waals surface area contributed by atoms with E-state index in [0.717, 1.165) is 17.8 Å². The molecule has 1 unspecified atom stereocenters. The third-order valence-corrected chi connectivity index (χ3v) is 2.94. The Balaban J connectivity index is 2.51. The summed E-state index contributed by atoms with van der Waals surface area (Å²) < 4.78 is 0. The van der Waals surface area contributed by atoms with Crippen LogP contribution < -0.4 is 5.32 Å². The van der Waals surface area contributed by atoms with Gasteiger partial charge in [-0.25, -0.2) is 0 Å². The van der Waals surface area contributed by atoms with Crippen LogP contribution in [0.4, 0.5) is 5.69 Å². The van der Waals surface area contributed by atoms with Crippen LogP contribution >= 0.6 is 11.6 Å². The zero-order chi connectivity index (χ0) is 13.4. The Labute approximate surface area is 113 Å². The first-order valence-corrected chi connectivity index (χ1v) is 6.55.